The van der Waals surface area contributed by atoms with Gasteiger partial charge in [0.05, 0.1) is 17.1 Å². The van der Waals surface area contributed by atoms with E-state index in [2.05, 4.69) is 5.32 Å². The third-order valence-corrected chi connectivity index (χ3v) is 6.32. The zero-order chi connectivity index (χ0) is 19.7. The molecule has 1 N–H and O–H groups in total. The number of nitrogens with one attached hydrogen (secondary N) is 1. The number of nitrogens with zero attached hydrogens (tertiary/aromatic N) is 1. The molecule has 1 aromatic rings. The number of rotatable bonds is 5. The number of benzene rings is 1. The van der Waals surface area contributed by atoms with Gasteiger partial charge in [-0.25, -0.2) is 8.42 Å². The lowest BCUT2D eigenvalue weighted by Gasteiger charge is -2.30. The molecule has 2 atom stereocenters. The average molecular weight is 392 g/mol. The van der Waals surface area contributed by atoms with Gasteiger partial charge in [-0.15, -0.1) is 0 Å². The lowest BCUT2D eigenvalue weighted by Crippen LogP contribution is -2.47. The number of sulfone groups is 1. The van der Waals surface area contributed by atoms with E-state index >= 15 is 0 Å². The monoisotopic (exact) mass is 392 g/mol. The summed E-state index contributed by atoms with van der Waals surface area (Å²) in [7, 11) is -3.13. The Kier molecular flexibility index (Phi) is 5.89. The predicted octanol–water partition coefficient (Wildman–Crippen LogP) is 2.85. The van der Waals surface area contributed by atoms with Crippen LogP contribution in [0, 0.1) is 6.92 Å². The molecule has 0 aromatic heterocycles. The second-order valence-corrected chi connectivity index (χ2v) is 8.80. The molecule has 5 nitrogen and oxygen atoms in total. The van der Waals surface area contributed by atoms with Crippen LogP contribution in [0.1, 0.15) is 31.4 Å². The van der Waals surface area contributed by atoms with E-state index in [1.165, 1.54) is 24.0 Å². The van der Waals surface area contributed by atoms with Crippen LogP contribution in [-0.4, -0.2) is 49.4 Å². The highest BCUT2D eigenvalue weighted by molar-refractivity contribution is 7.91. The van der Waals surface area contributed by atoms with Crippen LogP contribution in [0.2, 0.25) is 0 Å². The SMILES string of the molecule is CCN(C(=O)C(C)Nc1ccc(C)c(C(F)(F)F)c1)C1CCS(=O)(=O)C1. The molecule has 146 valence electrons. The Hall–Kier alpha value is -1.77. The first-order valence-corrected chi connectivity index (χ1v) is 10.2. The standard InChI is InChI=1S/C17H23F3N2O3S/c1-4-22(14-7-8-26(24,25)10-14)16(23)12(3)21-13-6-5-11(2)15(9-13)17(18,19)20/h5-6,9,12,14,21H,4,7-8,10H2,1-3H3. The highest BCUT2D eigenvalue weighted by atomic mass is 32.2. The van der Waals surface area contributed by atoms with Gasteiger partial charge in [-0.3, -0.25) is 4.79 Å². The van der Waals surface area contributed by atoms with E-state index in [9.17, 15) is 26.4 Å². The van der Waals surface area contributed by atoms with Crippen molar-refractivity contribution in [2.24, 2.45) is 0 Å². The maximum Gasteiger partial charge on any atom is 0.416 e. The van der Waals surface area contributed by atoms with Crippen molar-refractivity contribution in [1.29, 1.82) is 0 Å². The average Bonchev–Trinajstić information content (AvgIpc) is 2.88. The fourth-order valence-corrected chi connectivity index (χ4v) is 4.92. The summed E-state index contributed by atoms with van der Waals surface area (Å²) in [6.45, 7) is 5.03. The fourth-order valence-electron chi connectivity index (χ4n) is 3.19. The van der Waals surface area contributed by atoms with E-state index < -0.39 is 27.6 Å². The largest absolute Gasteiger partial charge is 0.416 e. The summed E-state index contributed by atoms with van der Waals surface area (Å²) in [6.07, 6.45) is -4.08. The summed E-state index contributed by atoms with van der Waals surface area (Å²) in [4.78, 5) is 14.2. The van der Waals surface area contributed by atoms with Gasteiger partial charge in [0, 0.05) is 18.3 Å². The molecule has 2 unspecified atom stereocenters. The van der Waals surface area contributed by atoms with Gasteiger partial charge in [-0.1, -0.05) is 6.07 Å². The molecule has 1 fully saturated rings. The van der Waals surface area contributed by atoms with E-state index in [1.807, 2.05) is 0 Å². The summed E-state index contributed by atoms with van der Waals surface area (Å²) < 4.78 is 62.4. The van der Waals surface area contributed by atoms with Gasteiger partial charge in [0.25, 0.3) is 0 Å². The third kappa shape index (κ3) is 4.69. The van der Waals surface area contributed by atoms with Gasteiger partial charge >= 0.3 is 6.18 Å². The first-order valence-electron chi connectivity index (χ1n) is 8.40. The van der Waals surface area contributed by atoms with Crippen molar-refractivity contribution >= 4 is 21.4 Å². The van der Waals surface area contributed by atoms with Crippen molar-refractivity contribution in [2.45, 2.75) is 45.5 Å². The molecule has 1 aliphatic heterocycles. The Morgan fingerprint density at radius 3 is 2.54 bits per heavy atom. The molecule has 0 spiro atoms. The molecule has 1 aliphatic rings. The summed E-state index contributed by atoms with van der Waals surface area (Å²) in [6, 6.07) is 2.66. The van der Waals surface area contributed by atoms with Crippen molar-refractivity contribution in [1.82, 2.24) is 4.90 Å². The predicted molar refractivity (Wildman–Crippen MR) is 93.7 cm³/mol. The molecular formula is C17H23F3N2O3S. The molecule has 2 rings (SSSR count). The van der Waals surface area contributed by atoms with E-state index in [0.717, 1.165) is 6.07 Å². The summed E-state index contributed by atoms with van der Waals surface area (Å²) in [5, 5.41) is 2.80. The van der Waals surface area contributed by atoms with Crippen LogP contribution in [0.4, 0.5) is 18.9 Å². The minimum atomic E-state index is -4.47. The number of carbonyl (C=O) groups is 1. The van der Waals surface area contributed by atoms with Crippen molar-refractivity contribution in [3.8, 4) is 0 Å². The number of halogens is 3. The molecule has 1 amide bonds. The van der Waals surface area contributed by atoms with Crippen LogP contribution in [0.25, 0.3) is 0 Å². The van der Waals surface area contributed by atoms with E-state index in [4.69, 9.17) is 0 Å². The Balaban J connectivity index is 2.13. The zero-order valence-electron chi connectivity index (χ0n) is 14.9. The van der Waals surface area contributed by atoms with Gasteiger partial charge in [0.1, 0.15) is 6.04 Å². The molecular weight excluding hydrogens is 369 g/mol. The first-order chi connectivity index (χ1) is 11.9. The van der Waals surface area contributed by atoms with E-state index in [-0.39, 0.29) is 34.7 Å². The van der Waals surface area contributed by atoms with Gasteiger partial charge < -0.3 is 10.2 Å². The van der Waals surface area contributed by atoms with Crippen LogP contribution in [0.15, 0.2) is 18.2 Å². The van der Waals surface area contributed by atoms with Gasteiger partial charge in [-0.05, 0) is 44.9 Å². The van der Waals surface area contributed by atoms with Crippen molar-refractivity contribution < 1.29 is 26.4 Å². The van der Waals surface area contributed by atoms with Gasteiger partial charge in [0.2, 0.25) is 5.91 Å². The highest BCUT2D eigenvalue weighted by Crippen LogP contribution is 2.33. The number of anilines is 1. The molecule has 0 saturated carbocycles. The number of hydrogen-bond acceptors (Lipinski definition) is 4. The molecule has 0 aliphatic carbocycles. The van der Waals surface area contributed by atoms with Crippen LogP contribution in [-0.2, 0) is 20.8 Å². The number of amides is 1. The number of likely N-dealkylation sites (N-methyl/N-ethyl adjacent to an activating group) is 1. The molecule has 0 radical (unpaired) electrons. The van der Waals surface area contributed by atoms with Gasteiger partial charge in [0.15, 0.2) is 9.84 Å². The molecule has 26 heavy (non-hydrogen) atoms. The lowest BCUT2D eigenvalue weighted by molar-refractivity contribution is -0.138. The minimum Gasteiger partial charge on any atom is -0.374 e. The minimum absolute atomic E-state index is 0.0517. The second-order valence-electron chi connectivity index (χ2n) is 6.57. The third-order valence-electron chi connectivity index (χ3n) is 4.57. The Labute approximate surface area is 151 Å². The van der Waals surface area contributed by atoms with E-state index in [0.29, 0.717) is 13.0 Å². The molecule has 1 saturated heterocycles. The second kappa shape index (κ2) is 7.46. The number of carbonyl (C=O) groups excluding carboxylic acids is 1. The first kappa shape index (κ1) is 20.5. The highest BCUT2D eigenvalue weighted by Gasteiger charge is 2.36. The quantitative estimate of drug-likeness (QED) is 0.837. The molecule has 9 heteroatoms. The summed E-state index contributed by atoms with van der Waals surface area (Å²) >= 11 is 0. The van der Waals surface area contributed by atoms with Crippen LogP contribution in [0.3, 0.4) is 0 Å². The maximum absolute atomic E-state index is 13.0. The van der Waals surface area contributed by atoms with Crippen LogP contribution < -0.4 is 5.32 Å². The Morgan fingerprint density at radius 2 is 2.04 bits per heavy atom. The number of aryl methyl sites for hydroxylation is 1. The van der Waals surface area contributed by atoms with Crippen molar-refractivity contribution in [2.75, 3.05) is 23.4 Å². The smallest absolute Gasteiger partial charge is 0.374 e. The summed E-state index contributed by atoms with van der Waals surface area (Å²) in [5.74, 6) is -0.346. The Bertz CT molecular complexity index is 778. The molecule has 0 bridgehead atoms. The summed E-state index contributed by atoms with van der Waals surface area (Å²) in [5.41, 5.74) is -0.455. The van der Waals surface area contributed by atoms with Crippen molar-refractivity contribution in [3.05, 3.63) is 29.3 Å². The molecule has 1 aromatic carbocycles. The fraction of sp³-hybridized carbons (Fsp3) is 0.588. The maximum atomic E-state index is 13.0. The zero-order valence-corrected chi connectivity index (χ0v) is 15.7. The lowest BCUT2D eigenvalue weighted by atomic mass is 10.1. The molecule has 1 heterocycles. The normalized spacial score (nSPS) is 20.6. The van der Waals surface area contributed by atoms with Crippen LogP contribution >= 0.6 is 0 Å². The number of alkyl halides is 3. The number of hydrogen-bond donors (Lipinski definition) is 1. The van der Waals surface area contributed by atoms with Crippen LogP contribution in [0.5, 0.6) is 0 Å². The van der Waals surface area contributed by atoms with Crippen molar-refractivity contribution in [3.63, 3.8) is 0 Å². The topological polar surface area (TPSA) is 66.5 Å². The Morgan fingerprint density at radius 1 is 1.38 bits per heavy atom. The van der Waals surface area contributed by atoms with Gasteiger partial charge in [-0.2, -0.15) is 13.2 Å². The van der Waals surface area contributed by atoms with E-state index in [1.54, 1.807) is 13.8 Å².